The standard InChI is InChI=1S/C32H38F2N2O4/c1-3-21-7-6-8-22(13-21)19-35-20-29(37)28(16-23-14-25(33)18-26(34)15-23)36-32(38)24-11-12-30(39-2)31(17-24)40-27-9-4-5-10-27/h6-8,11-15,17-18,27-29,35,37H,3-5,9-10,16,19-20H2,1-2H3,(H,36,38)/t28-,29+/m0/s1. The van der Waals surface area contributed by atoms with Gasteiger partial charge in [-0.25, -0.2) is 8.78 Å². The predicted octanol–water partition coefficient (Wildman–Crippen LogP) is 5.35. The van der Waals surface area contributed by atoms with Crippen LogP contribution in [-0.2, 0) is 19.4 Å². The average molecular weight is 553 g/mol. The van der Waals surface area contributed by atoms with Gasteiger partial charge in [0.15, 0.2) is 11.5 Å². The number of methoxy groups -OCH3 is 1. The molecule has 0 radical (unpaired) electrons. The third-order valence-corrected chi connectivity index (χ3v) is 7.26. The average Bonchev–Trinajstić information content (AvgIpc) is 3.45. The molecule has 1 fully saturated rings. The molecule has 1 aliphatic rings. The van der Waals surface area contributed by atoms with Gasteiger partial charge in [-0.3, -0.25) is 4.79 Å². The lowest BCUT2D eigenvalue weighted by molar-refractivity contribution is 0.0829. The number of hydrogen-bond acceptors (Lipinski definition) is 5. The van der Waals surface area contributed by atoms with Crippen molar-refractivity contribution < 1.29 is 28.2 Å². The molecule has 0 unspecified atom stereocenters. The molecule has 0 bridgehead atoms. The van der Waals surface area contributed by atoms with Gasteiger partial charge >= 0.3 is 0 Å². The summed E-state index contributed by atoms with van der Waals surface area (Å²) in [7, 11) is 1.55. The lowest BCUT2D eigenvalue weighted by Gasteiger charge is -2.25. The zero-order valence-corrected chi connectivity index (χ0v) is 23.1. The number of aliphatic hydroxyl groups is 1. The summed E-state index contributed by atoms with van der Waals surface area (Å²) in [6.07, 6.45) is 4.12. The van der Waals surface area contributed by atoms with Gasteiger partial charge in [-0.15, -0.1) is 0 Å². The van der Waals surface area contributed by atoms with E-state index < -0.39 is 29.7 Å². The second-order valence-electron chi connectivity index (χ2n) is 10.3. The maximum Gasteiger partial charge on any atom is 0.251 e. The second-order valence-corrected chi connectivity index (χ2v) is 10.3. The molecule has 3 aromatic rings. The van der Waals surface area contributed by atoms with Gasteiger partial charge < -0.3 is 25.2 Å². The van der Waals surface area contributed by atoms with Crippen molar-refractivity contribution in [2.45, 2.75) is 70.2 Å². The number of nitrogens with one attached hydrogen (secondary N) is 2. The summed E-state index contributed by atoms with van der Waals surface area (Å²) >= 11 is 0. The zero-order valence-electron chi connectivity index (χ0n) is 23.1. The van der Waals surface area contributed by atoms with Crippen LogP contribution in [0.2, 0.25) is 0 Å². The van der Waals surface area contributed by atoms with Gasteiger partial charge in [0.2, 0.25) is 0 Å². The van der Waals surface area contributed by atoms with Gasteiger partial charge in [-0.1, -0.05) is 31.2 Å². The van der Waals surface area contributed by atoms with E-state index in [-0.39, 0.29) is 19.1 Å². The van der Waals surface area contributed by atoms with Crippen LogP contribution in [0.5, 0.6) is 11.5 Å². The van der Waals surface area contributed by atoms with Gasteiger partial charge in [0.05, 0.1) is 25.4 Å². The van der Waals surface area contributed by atoms with Gasteiger partial charge in [-0.05, 0) is 85.5 Å². The molecule has 4 rings (SSSR count). The molecule has 0 heterocycles. The summed E-state index contributed by atoms with van der Waals surface area (Å²) < 4.78 is 39.4. The Morgan fingerprint density at radius 3 is 2.40 bits per heavy atom. The maximum absolute atomic E-state index is 13.9. The quantitative estimate of drug-likeness (QED) is 0.267. The van der Waals surface area contributed by atoms with Crippen LogP contribution >= 0.6 is 0 Å². The Morgan fingerprint density at radius 2 is 1.70 bits per heavy atom. The monoisotopic (exact) mass is 552 g/mol. The molecule has 3 aromatic carbocycles. The number of carbonyl (C=O) groups excluding carboxylic acids is 1. The highest BCUT2D eigenvalue weighted by Gasteiger charge is 2.25. The number of ether oxygens (including phenoxy) is 2. The number of aryl methyl sites for hydroxylation is 1. The molecule has 0 spiro atoms. The first kappa shape index (κ1) is 29.5. The minimum atomic E-state index is -1.03. The molecular weight excluding hydrogens is 514 g/mol. The molecule has 3 N–H and O–H groups in total. The van der Waals surface area contributed by atoms with E-state index in [1.165, 1.54) is 17.7 Å². The molecule has 0 aliphatic heterocycles. The van der Waals surface area contributed by atoms with Crippen molar-refractivity contribution in [3.8, 4) is 11.5 Å². The van der Waals surface area contributed by atoms with Crippen LogP contribution in [0.1, 0.15) is 59.7 Å². The lowest BCUT2D eigenvalue weighted by atomic mass is 10.00. The SMILES string of the molecule is CCc1cccc(CNC[C@@H](O)[C@H](Cc2cc(F)cc(F)c2)NC(=O)c2ccc(OC)c(OC3CCCC3)c2)c1. The van der Waals surface area contributed by atoms with Crippen LogP contribution in [0.15, 0.2) is 60.7 Å². The fourth-order valence-electron chi connectivity index (χ4n) is 5.08. The predicted molar refractivity (Wildman–Crippen MR) is 151 cm³/mol. The van der Waals surface area contributed by atoms with Crippen molar-refractivity contribution in [2.75, 3.05) is 13.7 Å². The van der Waals surface area contributed by atoms with E-state index in [4.69, 9.17) is 9.47 Å². The van der Waals surface area contributed by atoms with Crippen LogP contribution < -0.4 is 20.1 Å². The first-order valence-corrected chi connectivity index (χ1v) is 13.9. The Balaban J connectivity index is 1.48. The molecule has 40 heavy (non-hydrogen) atoms. The Labute approximate surface area is 234 Å². The summed E-state index contributed by atoms with van der Waals surface area (Å²) in [6.45, 7) is 2.78. The number of halogens is 2. The third-order valence-electron chi connectivity index (χ3n) is 7.26. The smallest absolute Gasteiger partial charge is 0.251 e. The van der Waals surface area contributed by atoms with E-state index in [2.05, 4.69) is 29.7 Å². The topological polar surface area (TPSA) is 79.8 Å². The van der Waals surface area contributed by atoms with Gasteiger partial charge in [0, 0.05) is 24.7 Å². The third kappa shape index (κ3) is 8.26. The van der Waals surface area contributed by atoms with Gasteiger partial charge in [0.25, 0.3) is 5.91 Å². The van der Waals surface area contributed by atoms with Gasteiger partial charge in [0.1, 0.15) is 11.6 Å². The number of rotatable bonds is 13. The molecule has 0 aromatic heterocycles. The Kier molecular flexibility index (Phi) is 10.5. The van der Waals surface area contributed by atoms with Crippen molar-refractivity contribution in [2.24, 2.45) is 0 Å². The fourth-order valence-corrected chi connectivity index (χ4v) is 5.08. The lowest BCUT2D eigenvalue weighted by Crippen LogP contribution is -2.48. The van der Waals surface area contributed by atoms with Crippen LogP contribution in [-0.4, -0.2) is 42.9 Å². The Morgan fingerprint density at radius 1 is 0.975 bits per heavy atom. The maximum atomic E-state index is 13.9. The normalized spacial score (nSPS) is 15.0. The molecule has 0 saturated heterocycles. The van der Waals surface area contributed by atoms with Crippen molar-refractivity contribution in [3.05, 3.63) is 94.6 Å². The number of hydrogen-bond donors (Lipinski definition) is 3. The largest absolute Gasteiger partial charge is 0.493 e. The first-order valence-electron chi connectivity index (χ1n) is 13.9. The summed E-state index contributed by atoms with van der Waals surface area (Å²) in [6, 6.07) is 15.5. The molecular formula is C32H38F2N2O4. The summed E-state index contributed by atoms with van der Waals surface area (Å²) in [4.78, 5) is 13.4. The second kappa shape index (κ2) is 14.2. The van der Waals surface area contributed by atoms with E-state index in [9.17, 15) is 18.7 Å². The summed E-state index contributed by atoms with van der Waals surface area (Å²) in [5.74, 6) is -0.843. The molecule has 1 saturated carbocycles. The fraction of sp³-hybridized carbons (Fsp3) is 0.406. The minimum Gasteiger partial charge on any atom is -0.493 e. The molecule has 1 aliphatic carbocycles. The van der Waals surface area contributed by atoms with E-state index >= 15 is 0 Å². The van der Waals surface area contributed by atoms with Crippen molar-refractivity contribution >= 4 is 5.91 Å². The van der Waals surface area contributed by atoms with Crippen LogP contribution in [0.3, 0.4) is 0 Å². The number of amides is 1. The van der Waals surface area contributed by atoms with E-state index in [0.717, 1.165) is 43.7 Å². The van der Waals surface area contributed by atoms with Crippen LogP contribution in [0.4, 0.5) is 8.78 Å². The molecule has 6 nitrogen and oxygen atoms in total. The Hall–Kier alpha value is -3.49. The highest BCUT2D eigenvalue weighted by atomic mass is 19.1. The van der Waals surface area contributed by atoms with Crippen molar-refractivity contribution in [1.82, 2.24) is 10.6 Å². The highest BCUT2D eigenvalue weighted by Crippen LogP contribution is 2.32. The Bertz CT molecular complexity index is 1260. The van der Waals surface area contributed by atoms with E-state index in [1.807, 2.05) is 12.1 Å². The molecule has 214 valence electrons. The van der Waals surface area contributed by atoms with Crippen LogP contribution in [0, 0.1) is 11.6 Å². The summed E-state index contributed by atoms with van der Waals surface area (Å²) in [5, 5.41) is 17.2. The van der Waals surface area contributed by atoms with E-state index in [1.54, 1.807) is 25.3 Å². The van der Waals surface area contributed by atoms with E-state index in [0.29, 0.717) is 29.2 Å². The molecule has 8 heteroatoms. The van der Waals surface area contributed by atoms with Crippen molar-refractivity contribution in [1.29, 1.82) is 0 Å². The van der Waals surface area contributed by atoms with Crippen LogP contribution in [0.25, 0.3) is 0 Å². The number of benzene rings is 3. The zero-order chi connectivity index (χ0) is 28.5. The first-order chi connectivity index (χ1) is 19.3. The molecule has 1 amide bonds. The minimum absolute atomic E-state index is 0.0379. The number of carbonyl (C=O) groups is 1. The molecule has 2 atom stereocenters. The highest BCUT2D eigenvalue weighted by molar-refractivity contribution is 5.95. The summed E-state index contributed by atoms with van der Waals surface area (Å²) in [5.41, 5.74) is 2.96. The van der Waals surface area contributed by atoms with Crippen molar-refractivity contribution in [3.63, 3.8) is 0 Å². The number of aliphatic hydroxyl groups excluding tert-OH is 1. The van der Waals surface area contributed by atoms with Gasteiger partial charge in [-0.2, -0.15) is 0 Å².